The molecule has 0 spiro atoms. The Balaban J connectivity index is 1.86. The monoisotopic (exact) mass is 283 g/mol. The van der Waals surface area contributed by atoms with Gasteiger partial charge in [0.1, 0.15) is 0 Å². The Labute approximate surface area is 124 Å². The molecule has 2 fully saturated rings. The Bertz CT molecular complexity index is 271. The largest absolute Gasteiger partial charge is 0.381 e. The maximum atomic E-state index is 6.17. The molecule has 2 aliphatic rings. The summed E-state index contributed by atoms with van der Waals surface area (Å²) < 4.78 is 5.62. The van der Waals surface area contributed by atoms with E-state index in [0.717, 1.165) is 26.3 Å². The molecule has 0 amide bonds. The molecule has 0 aliphatic carbocycles. The first-order valence-electron chi connectivity index (χ1n) is 8.41. The van der Waals surface area contributed by atoms with Crippen molar-refractivity contribution >= 4 is 0 Å². The van der Waals surface area contributed by atoms with Gasteiger partial charge in [0.2, 0.25) is 0 Å². The molecule has 0 radical (unpaired) electrons. The molecule has 4 heteroatoms. The van der Waals surface area contributed by atoms with E-state index < -0.39 is 0 Å². The van der Waals surface area contributed by atoms with Crippen LogP contribution < -0.4 is 5.73 Å². The normalized spacial score (nSPS) is 27.9. The summed E-state index contributed by atoms with van der Waals surface area (Å²) in [5.74, 6) is 0.700. The van der Waals surface area contributed by atoms with Crippen molar-refractivity contribution in [1.82, 2.24) is 9.80 Å². The van der Waals surface area contributed by atoms with E-state index in [1.165, 1.54) is 51.7 Å². The van der Waals surface area contributed by atoms with Crippen LogP contribution >= 0.6 is 0 Å². The zero-order chi connectivity index (χ0) is 14.4. The third-order valence-corrected chi connectivity index (χ3v) is 5.30. The van der Waals surface area contributed by atoms with E-state index in [0.29, 0.717) is 5.92 Å². The fourth-order valence-electron chi connectivity index (χ4n) is 3.78. The van der Waals surface area contributed by atoms with Crippen molar-refractivity contribution in [2.24, 2.45) is 11.7 Å². The fraction of sp³-hybridized carbons (Fsp3) is 1.00. The van der Waals surface area contributed by atoms with E-state index in [1.807, 2.05) is 0 Å². The average Bonchev–Trinajstić information content (AvgIpc) is 2.49. The Morgan fingerprint density at radius 2 is 2.10 bits per heavy atom. The van der Waals surface area contributed by atoms with Gasteiger partial charge < -0.3 is 15.4 Å². The summed E-state index contributed by atoms with van der Waals surface area (Å²) in [5.41, 5.74) is 6.40. The Morgan fingerprint density at radius 1 is 1.35 bits per heavy atom. The highest BCUT2D eigenvalue weighted by molar-refractivity contribution is 4.95. The van der Waals surface area contributed by atoms with E-state index in [-0.39, 0.29) is 5.54 Å². The summed E-state index contributed by atoms with van der Waals surface area (Å²) >= 11 is 0. The number of hydrogen-bond acceptors (Lipinski definition) is 4. The predicted octanol–water partition coefficient (Wildman–Crippen LogP) is 1.55. The first-order valence-corrected chi connectivity index (χ1v) is 8.41. The minimum absolute atomic E-state index is 0.224. The van der Waals surface area contributed by atoms with Gasteiger partial charge in [0.05, 0.1) is 6.61 Å². The standard InChI is InChI=1S/C16H33N3O/c1-3-8-19-9-6-16(14-17,7-10-19)18(2)12-15-5-4-11-20-13-15/h15H,3-14,17H2,1-2H3. The Hall–Kier alpha value is -0.160. The molecule has 2 rings (SSSR count). The SMILES string of the molecule is CCCN1CCC(CN)(N(C)CC2CCCOC2)CC1. The average molecular weight is 283 g/mol. The second kappa shape index (κ2) is 7.74. The quantitative estimate of drug-likeness (QED) is 0.803. The van der Waals surface area contributed by atoms with Gasteiger partial charge >= 0.3 is 0 Å². The topological polar surface area (TPSA) is 41.7 Å². The number of nitrogens with two attached hydrogens (primary N) is 1. The van der Waals surface area contributed by atoms with Crippen LogP contribution in [0.1, 0.15) is 39.0 Å². The van der Waals surface area contributed by atoms with E-state index in [9.17, 15) is 0 Å². The lowest BCUT2D eigenvalue weighted by Crippen LogP contribution is -2.59. The zero-order valence-corrected chi connectivity index (χ0v) is 13.4. The number of piperidine rings is 1. The molecule has 2 heterocycles. The lowest BCUT2D eigenvalue weighted by atomic mass is 9.84. The number of rotatable bonds is 6. The van der Waals surface area contributed by atoms with Crippen LogP contribution in [-0.4, -0.2) is 68.3 Å². The van der Waals surface area contributed by atoms with Gasteiger partial charge in [-0.15, -0.1) is 0 Å². The van der Waals surface area contributed by atoms with Crippen molar-refractivity contribution in [3.8, 4) is 0 Å². The van der Waals surface area contributed by atoms with Crippen molar-refractivity contribution in [3.63, 3.8) is 0 Å². The van der Waals surface area contributed by atoms with Gasteiger partial charge in [0.15, 0.2) is 0 Å². The van der Waals surface area contributed by atoms with Crippen molar-refractivity contribution in [3.05, 3.63) is 0 Å². The van der Waals surface area contributed by atoms with Crippen LogP contribution in [0.3, 0.4) is 0 Å². The van der Waals surface area contributed by atoms with Crippen molar-refractivity contribution < 1.29 is 4.74 Å². The smallest absolute Gasteiger partial charge is 0.0506 e. The number of likely N-dealkylation sites (N-methyl/N-ethyl adjacent to an activating group) is 1. The first kappa shape index (κ1) is 16.2. The fourth-order valence-corrected chi connectivity index (χ4v) is 3.78. The molecule has 0 aromatic carbocycles. The van der Waals surface area contributed by atoms with Gasteiger partial charge in [-0.3, -0.25) is 4.90 Å². The van der Waals surface area contributed by atoms with Crippen LogP contribution in [-0.2, 0) is 4.74 Å². The predicted molar refractivity (Wildman–Crippen MR) is 83.9 cm³/mol. The summed E-state index contributed by atoms with van der Waals surface area (Å²) in [4.78, 5) is 5.14. The van der Waals surface area contributed by atoms with E-state index in [2.05, 4.69) is 23.8 Å². The highest BCUT2D eigenvalue weighted by atomic mass is 16.5. The summed E-state index contributed by atoms with van der Waals surface area (Å²) in [6.45, 7) is 9.73. The Morgan fingerprint density at radius 3 is 2.65 bits per heavy atom. The van der Waals surface area contributed by atoms with Crippen molar-refractivity contribution in [2.45, 2.75) is 44.6 Å². The van der Waals surface area contributed by atoms with Gasteiger partial charge in [0, 0.05) is 25.2 Å². The molecule has 2 N–H and O–H groups in total. The number of nitrogens with zero attached hydrogens (tertiary/aromatic N) is 2. The van der Waals surface area contributed by atoms with Gasteiger partial charge in [0.25, 0.3) is 0 Å². The van der Waals surface area contributed by atoms with Gasteiger partial charge in [-0.05, 0) is 64.7 Å². The highest BCUT2D eigenvalue weighted by Crippen LogP contribution is 2.29. The highest BCUT2D eigenvalue weighted by Gasteiger charge is 2.37. The van der Waals surface area contributed by atoms with Gasteiger partial charge in [-0.1, -0.05) is 6.92 Å². The Kier molecular flexibility index (Phi) is 6.27. The molecule has 1 atom stereocenters. The molecule has 2 aliphatic heterocycles. The molecule has 0 aromatic heterocycles. The van der Waals surface area contributed by atoms with Crippen molar-refractivity contribution in [1.29, 1.82) is 0 Å². The molecular weight excluding hydrogens is 250 g/mol. The zero-order valence-electron chi connectivity index (χ0n) is 13.4. The second-order valence-electron chi connectivity index (χ2n) is 6.73. The lowest BCUT2D eigenvalue weighted by molar-refractivity contribution is -0.000799. The molecule has 1 unspecified atom stereocenters. The molecule has 0 bridgehead atoms. The van der Waals surface area contributed by atoms with E-state index in [4.69, 9.17) is 10.5 Å². The molecule has 0 saturated carbocycles. The summed E-state index contributed by atoms with van der Waals surface area (Å²) in [7, 11) is 2.27. The minimum atomic E-state index is 0.224. The van der Waals surface area contributed by atoms with Gasteiger partial charge in [-0.2, -0.15) is 0 Å². The van der Waals surface area contributed by atoms with Crippen LogP contribution in [0, 0.1) is 5.92 Å². The van der Waals surface area contributed by atoms with Crippen LogP contribution in [0.2, 0.25) is 0 Å². The van der Waals surface area contributed by atoms with Crippen molar-refractivity contribution in [2.75, 3.05) is 53.0 Å². The molecule has 20 heavy (non-hydrogen) atoms. The summed E-state index contributed by atoms with van der Waals surface area (Å²) in [6.07, 6.45) is 6.22. The number of hydrogen-bond donors (Lipinski definition) is 1. The van der Waals surface area contributed by atoms with Crippen LogP contribution in [0.5, 0.6) is 0 Å². The van der Waals surface area contributed by atoms with Crippen LogP contribution in [0.15, 0.2) is 0 Å². The molecular formula is C16H33N3O. The molecule has 2 saturated heterocycles. The van der Waals surface area contributed by atoms with E-state index in [1.54, 1.807) is 0 Å². The third-order valence-electron chi connectivity index (χ3n) is 5.30. The number of likely N-dealkylation sites (tertiary alicyclic amines) is 1. The first-order chi connectivity index (χ1) is 9.70. The lowest BCUT2D eigenvalue weighted by Gasteiger charge is -2.48. The summed E-state index contributed by atoms with van der Waals surface area (Å²) in [6, 6.07) is 0. The minimum Gasteiger partial charge on any atom is -0.381 e. The summed E-state index contributed by atoms with van der Waals surface area (Å²) in [5, 5.41) is 0. The maximum absolute atomic E-state index is 6.17. The van der Waals surface area contributed by atoms with Crippen LogP contribution in [0.25, 0.3) is 0 Å². The maximum Gasteiger partial charge on any atom is 0.0506 e. The molecule has 0 aromatic rings. The number of ether oxygens (including phenoxy) is 1. The third kappa shape index (κ3) is 3.94. The molecule has 118 valence electrons. The molecule has 4 nitrogen and oxygen atoms in total. The second-order valence-corrected chi connectivity index (χ2v) is 6.73. The van der Waals surface area contributed by atoms with Gasteiger partial charge in [-0.25, -0.2) is 0 Å². The van der Waals surface area contributed by atoms with E-state index >= 15 is 0 Å². The van der Waals surface area contributed by atoms with Crippen LogP contribution in [0.4, 0.5) is 0 Å².